The summed E-state index contributed by atoms with van der Waals surface area (Å²) in [6, 6.07) is 0. The number of aryl methyl sites for hydroxylation is 1. The summed E-state index contributed by atoms with van der Waals surface area (Å²) in [7, 11) is 1.89. The van der Waals surface area contributed by atoms with Crippen molar-refractivity contribution in [3.8, 4) is 0 Å². The fourth-order valence-electron chi connectivity index (χ4n) is 1.78. The van der Waals surface area contributed by atoms with E-state index in [0.717, 1.165) is 18.8 Å². The molecule has 6 nitrogen and oxygen atoms in total. The molecule has 0 spiro atoms. The average Bonchev–Trinajstić information content (AvgIpc) is 2.81. The molecule has 0 atom stereocenters. The lowest BCUT2D eigenvalue weighted by molar-refractivity contribution is 0.601. The minimum Gasteiger partial charge on any atom is -0.370 e. The molecule has 0 amide bonds. The van der Waals surface area contributed by atoms with Gasteiger partial charge in [-0.05, 0) is 6.42 Å². The van der Waals surface area contributed by atoms with E-state index in [2.05, 4.69) is 27.4 Å². The van der Waals surface area contributed by atoms with Gasteiger partial charge in [0.1, 0.15) is 12.9 Å². The first-order valence-electron chi connectivity index (χ1n) is 7.10. The zero-order valence-corrected chi connectivity index (χ0v) is 14.8. The number of nitrogens with two attached hydrogens (primary N) is 1. The van der Waals surface area contributed by atoms with Gasteiger partial charge in [0, 0.05) is 13.6 Å². The Hall–Kier alpha value is -0.860. The summed E-state index contributed by atoms with van der Waals surface area (Å²) < 4.78 is 1.84. The van der Waals surface area contributed by atoms with Crippen LogP contribution in [-0.2, 0) is 13.6 Å². The SMILES string of the molecule is CCCCCCCCNC(N)=NCc1nncn1C.I. The summed E-state index contributed by atoms with van der Waals surface area (Å²) in [6.45, 7) is 3.59. The van der Waals surface area contributed by atoms with Crippen molar-refractivity contribution in [1.82, 2.24) is 20.1 Å². The first-order valence-corrected chi connectivity index (χ1v) is 7.10. The van der Waals surface area contributed by atoms with Gasteiger partial charge in [-0.15, -0.1) is 34.2 Å². The van der Waals surface area contributed by atoms with Gasteiger partial charge in [0.2, 0.25) is 0 Å². The molecule has 0 saturated carbocycles. The molecule has 7 heteroatoms. The van der Waals surface area contributed by atoms with Crippen molar-refractivity contribution < 1.29 is 0 Å². The summed E-state index contributed by atoms with van der Waals surface area (Å²) in [5, 5.41) is 10.9. The Bertz CT molecular complexity index is 377. The topological polar surface area (TPSA) is 81.1 Å². The third-order valence-electron chi connectivity index (χ3n) is 3.03. The highest BCUT2D eigenvalue weighted by molar-refractivity contribution is 14.0. The predicted molar refractivity (Wildman–Crippen MR) is 93.1 cm³/mol. The minimum absolute atomic E-state index is 0. The zero-order valence-electron chi connectivity index (χ0n) is 12.5. The monoisotopic (exact) mass is 394 g/mol. The van der Waals surface area contributed by atoms with Crippen LogP contribution < -0.4 is 11.1 Å². The molecule has 0 fully saturated rings. The Labute approximate surface area is 138 Å². The first kappa shape index (κ1) is 19.1. The molecule has 0 aromatic carbocycles. The third-order valence-corrected chi connectivity index (χ3v) is 3.03. The quantitative estimate of drug-likeness (QED) is 0.291. The molecular weight excluding hydrogens is 367 g/mol. The largest absolute Gasteiger partial charge is 0.370 e. The van der Waals surface area contributed by atoms with Gasteiger partial charge in [-0.1, -0.05) is 39.0 Å². The number of hydrogen-bond donors (Lipinski definition) is 2. The summed E-state index contributed by atoms with van der Waals surface area (Å²) in [5.41, 5.74) is 5.78. The molecule has 1 heterocycles. The Morgan fingerprint density at radius 3 is 2.65 bits per heavy atom. The molecule has 3 N–H and O–H groups in total. The van der Waals surface area contributed by atoms with E-state index < -0.39 is 0 Å². The molecule has 0 aliphatic carbocycles. The maximum Gasteiger partial charge on any atom is 0.189 e. The van der Waals surface area contributed by atoms with Gasteiger partial charge >= 0.3 is 0 Å². The maximum absolute atomic E-state index is 5.78. The van der Waals surface area contributed by atoms with Crippen LogP contribution in [0.4, 0.5) is 0 Å². The maximum atomic E-state index is 5.78. The van der Waals surface area contributed by atoms with Gasteiger partial charge in [0.15, 0.2) is 11.8 Å². The van der Waals surface area contributed by atoms with Crippen LogP contribution in [0.3, 0.4) is 0 Å². The molecule has 0 saturated heterocycles. The third kappa shape index (κ3) is 8.34. The Morgan fingerprint density at radius 1 is 1.30 bits per heavy atom. The van der Waals surface area contributed by atoms with Gasteiger partial charge in [-0.3, -0.25) is 0 Å². The summed E-state index contributed by atoms with van der Waals surface area (Å²) in [5.74, 6) is 1.29. The number of halogens is 1. The molecule has 1 aromatic rings. The van der Waals surface area contributed by atoms with E-state index >= 15 is 0 Å². The molecule has 0 radical (unpaired) electrons. The molecule has 0 aliphatic rings. The van der Waals surface area contributed by atoms with Crippen molar-refractivity contribution in [2.75, 3.05) is 6.54 Å². The van der Waals surface area contributed by atoms with Crippen molar-refractivity contribution in [2.24, 2.45) is 17.8 Å². The van der Waals surface area contributed by atoms with Crippen molar-refractivity contribution in [1.29, 1.82) is 0 Å². The van der Waals surface area contributed by atoms with E-state index in [-0.39, 0.29) is 24.0 Å². The van der Waals surface area contributed by atoms with Crippen LogP contribution >= 0.6 is 24.0 Å². The van der Waals surface area contributed by atoms with Crippen molar-refractivity contribution >= 4 is 29.9 Å². The molecule has 20 heavy (non-hydrogen) atoms. The second-order valence-electron chi connectivity index (χ2n) is 4.75. The van der Waals surface area contributed by atoms with E-state index in [4.69, 9.17) is 5.73 Å². The number of aliphatic imine (C=N–C) groups is 1. The van der Waals surface area contributed by atoms with E-state index in [1.54, 1.807) is 6.33 Å². The minimum atomic E-state index is 0. The second-order valence-corrected chi connectivity index (χ2v) is 4.75. The van der Waals surface area contributed by atoms with Gasteiger partial charge in [0.25, 0.3) is 0 Å². The van der Waals surface area contributed by atoms with Crippen LogP contribution in [0.25, 0.3) is 0 Å². The Morgan fingerprint density at radius 2 is 2.00 bits per heavy atom. The van der Waals surface area contributed by atoms with Crippen LogP contribution in [0, 0.1) is 0 Å². The van der Waals surface area contributed by atoms with Crippen molar-refractivity contribution in [3.05, 3.63) is 12.2 Å². The number of hydrogen-bond acceptors (Lipinski definition) is 3. The Kier molecular flexibility index (Phi) is 11.4. The van der Waals surface area contributed by atoms with Crippen LogP contribution in [0.5, 0.6) is 0 Å². The van der Waals surface area contributed by atoms with Crippen LogP contribution in [0.15, 0.2) is 11.3 Å². The Balaban J connectivity index is 0.00000361. The van der Waals surface area contributed by atoms with Crippen LogP contribution in [-0.4, -0.2) is 27.3 Å². The number of aromatic nitrogens is 3. The van der Waals surface area contributed by atoms with E-state index in [9.17, 15) is 0 Å². The van der Waals surface area contributed by atoms with Gasteiger partial charge < -0.3 is 15.6 Å². The lowest BCUT2D eigenvalue weighted by Crippen LogP contribution is -2.32. The van der Waals surface area contributed by atoms with E-state index in [1.165, 1.54) is 32.1 Å². The number of rotatable bonds is 9. The summed E-state index contributed by atoms with van der Waals surface area (Å²) >= 11 is 0. The normalized spacial score (nSPS) is 11.2. The highest BCUT2D eigenvalue weighted by atomic mass is 127. The smallest absolute Gasteiger partial charge is 0.189 e. The van der Waals surface area contributed by atoms with E-state index in [0.29, 0.717) is 12.5 Å². The number of unbranched alkanes of at least 4 members (excludes halogenated alkanes) is 5. The molecule has 0 bridgehead atoms. The lowest BCUT2D eigenvalue weighted by Gasteiger charge is -2.05. The summed E-state index contributed by atoms with van der Waals surface area (Å²) in [6.07, 6.45) is 9.34. The fraction of sp³-hybridized carbons (Fsp3) is 0.769. The molecule has 1 aromatic heterocycles. The molecule has 0 aliphatic heterocycles. The lowest BCUT2D eigenvalue weighted by atomic mass is 10.1. The van der Waals surface area contributed by atoms with Gasteiger partial charge in [-0.2, -0.15) is 0 Å². The van der Waals surface area contributed by atoms with Crippen molar-refractivity contribution in [3.63, 3.8) is 0 Å². The second kappa shape index (κ2) is 11.9. The molecule has 116 valence electrons. The highest BCUT2D eigenvalue weighted by Crippen LogP contribution is 2.03. The number of guanidine groups is 1. The first-order chi connectivity index (χ1) is 9.24. The molecule has 0 unspecified atom stereocenters. The van der Waals surface area contributed by atoms with Crippen molar-refractivity contribution in [2.45, 2.75) is 52.0 Å². The predicted octanol–water partition coefficient (Wildman–Crippen LogP) is 2.20. The van der Waals surface area contributed by atoms with Gasteiger partial charge in [0.05, 0.1) is 0 Å². The number of nitrogens with zero attached hydrogens (tertiary/aromatic N) is 4. The highest BCUT2D eigenvalue weighted by Gasteiger charge is 1.99. The van der Waals surface area contributed by atoms with Crippen LogP contribution in [0.1, 0.15) is 51.3 Å². The molecule has 1 rings (SSSR count). The fourth-order valence-corrected chi connectivity index (χ4v) is 1.78. The van der Waals surface area contributed by atoms with Crippen LogP contribution in [0.2, 0.25) is 0 Å². The van der Waals surface area contributed by atoms with Gasteiger partial charge in [-0.25, -0.2) is 4.99 Å². The number of nitrogens with one attached hydrogen (secondary N) is 1. The summed E-state index contributed by atoms with van der Waals surface area (Å²) in [4.78, 5) is 4.23. The standard InChI is InChI=1S/C13H26N6.HI/c1-3-4-5-6-7-8-9-15-13(14)16-10-12-18-17-11-19(12)2;/h11H,3-10H2,1-2H3,(H3,14,15,16);1H. The average molecular weight is 394 g/mol. The zero-order chi connectivity index (χ0) is 13.9. The molecular formula is C13H27IN6. The van der Waals surface area contributed by atoms with E-state index in [1.807, 2.05) is 11.6 Å².